The summed E-state index contributed by atoms with van der Waals surface area (Å²) in [7, 11) is 0. The standard InChI is InChI=1S/C20H23BrN2O2/c1-13-11-16(21)9-10-17(13)23-18(24)12-22-19(25)14-5-7-15(8-6-14)20(2,3)4/h5-11H,12H2,1-4H3,(H,22,25)(H,23,24). The zero-order chi connectivity index (χ0) is 18.6. The van der Waals surface area contributed by atoms with Crippen LogP contribution >= 0.6 is 15.9 Å². The lowest BCUT2D eigenvalue weighted by Gasteiger charge is -2.19. The molecule has 5 heteroatoms. The number of hydrogen-bond acceptors (Lipinski definition) is 2. The molecule has 132 valence electrons. The maximum atomic E-state index is 12.2. The fourth-order valence-electron chi connectivity index (χ4n) is 2.35. The number of nitrogens with one attached hydrogen (secondary N) is 2. The van der Waals surface area contributed by atoms with Gasteiger partial charge in [0, 0.05) is 15.7 Å². The third-order valence-electron chi connectivity index (χ3n) is 3.89. The van der Waals surface area contributed by atoms with E-state index >= 15 is 0 Å². The number of rotatable bonds is 4. The average Bonchev–Trinajstić information content (AvgIpc) is 2.54. The van der Waals surface area contributed by atoms with Crippen LogP contribution in [0.1, 0.15) is 42.3 Å². The van der Waals surface area contributed by atoms with Crippen molar-refractivity contribution < 1.29 is 9.59 Å². The Bertz CT molecular complexity index is 777. The minimum atomic E-state index is -0.261. The molecule has 25 heavy (non-hydrogen) atoms. The van der Waals surface area contributed by atoms with Gasteiger partial charge in [0.1, 0.15) is 0 Å². The van der Waals surface area contributed by atoms with Crippen molar-refractivity contribution in [2.75, 3.05) is 11.9 Å². The Morgan fingerprint density at radius 1 is 1.04 bits per heavy atom. The molecule has 0 fully saturated rings. The van der Waals surface area contributed by atoms with E-state index in [1.54, 1.807) is 12.1 Å². The van der Waals surface area contributed by atoms with Gasteiger partial charge in [0.25, 0.3) is 5.91 Å². The Morgan fingerprint density at radius 2 is 1.68 bits per heavy atom. The summed E-state index contributed by atoms with van der Waals surface area (Å²) in [6.07, 6.45) is 0. The summed E-state index contributed by atoms with van der Waals surface area (Å²) < 4.78 is 0.954. The summed E-state index contributed by atoms with van der Waals surface area (Å²) in [5, 5.41) is 5.45. The van der Waals surface area contributed by atoms with Crippen LogP contribution in [0.5, 0.6) is 0 Å². The maximum absolute atomic E-state index is 12.2. The predicted octanol–water partition coefficient (Wildman–Crippen LogP) is 4.42. The number of hydrogen-bond donors (Lipinski definition) is 2. The Kier molecular flexibility index (Phi) is 6.01. The molecular formula is C20H23BrN2O2. The van der Waals surface area contributed by atoms with Crippen molar-refractivity contribution in [3.05, 3.63) is 63.6 Å². The van der Waals surface area contributed by atoms with Gasteiger partial charge in [-0.25, -0.2) is 0 Å². The number of anilines is 1. The molecule has 0 aliphatic carbocycles. The lowest BCUT2D eigenvalue weighted by molar-refractivity contribution is -0.115. The third kappa shape index (κ3) is 5.43. The number of halogens is 1. The molecule has 0 atom stereocenters. The van der Waals surface area contributed by atoms with Crippen LogP contribution in [0.4, 0.5) is 5.69 Å². The molecule has 0 aromatic heterocycles. The summed E-state index contributed by atoms with van der Waals surface area (Å²) in [6, 6.07) is 13.1. The molecule has 0 heterocycles. The minimum absolute atomic E-state index is 0.0391. The fourth-order valence-corrected chi connectivity index (χ4v) is 2.82. The van der Waals surface area contributed by atoms with Crippen molar-refractivity contribution in [3.63, 3.8) is 0 Å². The molecule has 2 rings (SSSR count). The molecule has 2 aromatic carbocycles. The first-order chi connectivity index (χ1) is 11.7. The van der Waals surface area contributed by atoms with Crippen LogP contribution in [0.15, 0.2) is 46.9 Å². The summed E-state index contributed by atoms with van der Waals surface area (Å²) in [6.45, 7) is 8.20. The fraction of sp³-hybridized carbons (Fsp3) is 0.300. The van der Waals surface area contributed by atoms with E-state index in [9.17, 15) is 9.59 Å². The van der Waals surface area contributed by atoms with Gasteiger partial charge in [-0.15, -0.1) is 0 Å². The van der Waals surface area contributed by atoms with Crippen LogP contribution in [0.25, 0.3) is 0 Å². The first-order valence-electron chi connectivity index (χ1n) is 8.11. The number of carbonyl (C=O) groups is 2. The zero-order valence-corrected chi connectivity index (χ0v) is 16.5. The Labute approximate surface area is 157 Å². The molecule has 2 amide bonds. The summed E-state index contributed by atoms with van der Waals surface area (Å²) in [5.41, 5.74) is 3.43. The molecule has 0 aliphatic rings. The maximum Gasteiger partial charge on any atom is 0.251 e. The topological polar surface area (TPSA) is 58.2 Å². The van der Waals surface area contributed by atoms with Crippen LogP contribution in [-0.2, 0) is 10.2 Å². The average molecular weight is 403 g/mol. The molecule has 0 aliphatic heterocycles. The number of amides is 2. The molecule has 0 saturated heterocycles. The second-order valence-corrected chi connectivity index (χ2v) is 7.93. The van der Waals surface area contributed by atoms with Gasteiger partial charge < -0.3 is 10.6 Å². The third-order valence-corrected chi connectivity index (χ3v) is 4.38. The molecule has 2 N–H and O–H groups in total. The minimum Gasteiger partial charge on any atom is -0.343 e. The molecule has 0 radical (unpaired) electrons. The van der Waals surface area contributed by atoms with Gasteiger partial charge in [-0.1, -0.05) is 48.8 Å². The van der Waals surface area contributed by atoms with E-state index in [2.05, 4.69) is 47.3 Å². The first kappa shape index (κ1) is 19.2. The molecule has 0 unspecified atom stereocenters. The highest BCUT2D eigenvalue weighted by molar-refractivity contribution is 9.10. The largest absolute Gasteiger partial charge is 0.343 e. The lowest BCUT2D eigenvalue weighted by atomic mass is 9.87. The van der Waals surface area contributed by atoms with E-state index in [0.29, 0.717) is 5.56 Å². The van der Waals surface area contributed by atoms with Gasteiger partial charge in [-0.2, -0.15) is 0 Å². The molecular weight excluding hydrogens is 380 g/mol. The van der Waals surface area contributed by atoms with Crippen molar-refractivity contribution >= 4 is 33.4 Å². The molecule has 0 spiro atoms. The Morgan fingerprint density at radius 3 is 2.24 bits per heavy atom. The molecule has 4 nitrogen and oxygen atoms in total. The highest BCUT2D eigenvalue weighted by atomic mass is 79.9. The van der Waals surface area contributed by atoms with Gasteiger partial charge in [0.2, 0.25) is 5.91 Å². The SMILES string of the molecule is Cc1cc(Br)ccc1NC(=O)CNC(=O)c1ccc(C(C)(C)C)cc1. The number of carbonyl (C=O) groups excluding carboxylic acids is 2. The molecule has 0 bridgehead atoms. The molecule has 2 aromatic rings. The normalized spacial score (nSPS) is 11.1. The second kappa shape index (κ2) is 7.83. The summed E-state index contributed by atoms with van der Waals surface area (Å²) in [4.78, 5) is 24.2. The van der Waals surface area contributed by atoms with Crippen LogP contribution in [0, 0.1) is 6.92 Å². The monoisotopic (exact) mass is 402 g/mol. The highest BCUT2D eigenvalue weighted by Gasteiger charge is 2.14. The van der Waals surface area contributed by atoms with Gasteiger partial charge in [0.15, 0.2) is 0 Å². The lowest BCUT2D eigenvalue weighted by Crippen LogP contribution is -2.33. The van der Waals surface area contributed by atoms with Crippen molar-refractivity contribution in [2.24, 2.45) is 0 Å². The van der Waals surface area contributed by atoms with Crippen LogP contribution in [0.2, 0.25) is 0 Å². The van der Waals surface area contributed by atoms with E-state index < -0.39 is 0 Å². The van der Waals surface area contributed by atoms with Crippen LogP contribution in [0.3, 0.4) is 0 Å². The smallest absolute Gasteiger partial charge is 0.251 e. The quantitative estimate of drug-likeness (QED) is 0.794. The van der Waals surface area contributed by atoms with Gasteiger partial charge >= 0.3 is 0 Å². The Balaban J connectivity index is 1.92. The second-order valence-electron chi connectivity index (χ2n) is 7.02. The van der Waals surface area contributed by atoms with Crippen LogP contribution < -0.4 is 10.6 Å². The van der Waals surface area contributed by atoms with Crippen molar-refractivity contribution in [2.45, 2.75) is 33.1 Å². The van der Waals surface area contributed by atoms with E-state index in [1.165, 1.54) is 0 Å². The van der Waals surface area contributed by atoms with E-state index in [0.717, 1.165) is 21.3 Å². The summed E-state index contributed by atoms with van der Waals surface area (Å²) >= 11 is 3.39. The first-order valence-corrected chi connectivity index (χ1v) is 8.91. The van der Waals surface area contributed by atoms with Crippen molar-refractivity contribution in [3.8, 4) is 0 Å². The van der Waals surface area contributed by atoms with Crippen LogP contribution in [-0.4, -0.2) is 18.4 Å². The Hall–Kier alpha value is -2.14. The van der Waals surface area contributed by atoms with Gasteiger partial charge in [0.05, 0.1) is 6.54 Å². The van der Waals surface area contributed by atoms with Crippen molar-refractivity contribution in [1.82, 2.24) is 5.32 Å². The number of benzene rings is 2. The predicted molar refractivity (Wildman–Crippen MR) is 105 cm³/mol. The summed E-state index contributed by atoms with van der Waals surface area (Å²) in [5.74, 6) is -0.520. The zero-order valence-electron chi connectivity index (χ0n) is 14.9. The van der Waals surface area contributed by atoms with E-state index in [-0.39, 0.29) is 23.8 Å². The highest BCUT2D eigenvalue weighted by Crippen LogP contribution is 2.22. The van der Waals surface area contributed by atoms with Gasteiger partial charge in [-0.3, -0.25) is 9.59 Å². The molecule has 0 saturated carbocycles. The van der Waals surface area contributed by atoms with Gasteiger partial charge in [-0.05, 0) is 53.8 Å². The number of aryl methyl sites for hydroxylation is 1. The van der Waals surface area contributed by atoms with E-state index in [1.807, 2.05) is 37.3 Å². The van der Waals surface area contributed by atoms with Crippen molar-refractivity contribution in [1.29, 1.82) is 0 Å². The van der Waals surface area contributed by atoms with E-state index in [4.69, 9.17) is 0 Å².